The highest BCUT2D eigenvalue weighted by molar-refractivity contribution is 7.80. The molecular weight excluding hydrogens is 348 g/mol. The lowest BCUT2D eigenvalue weighted by atomic mass is 10.1. The fourth-order valence-corrected chi connectivity index (χ4v) is 2.84. The molecule has 1 amide bonds. The molecule has 1 aromatic heterocycles. The summed E-state index contributed by atoms with van der Waals surface area (Å²) in [6.07, 6.45) is 1.19. The highest BCUT2D eigenvalue weighted by Gasteiger charge is 2.11. The van der Waals surface area contributed by atoms with Crippen LogP contribution < -0.4 is 15.4 Å². The van der Waals surface area contributed by atoms with Gasteiger partial charge >= 0.3 is 0 Å². The molecule has 0 radical (unpaired) electrons. The lowest BCUT2D eigenvalue weighted by Gasteiger charge is -2.13. The summed E-state index contributed by atoms with van der Waals surface area (Å²) in [4.78, 5) is 19.6. The number of hydrogen-bond acceptors (Lipinski definition) is 4. The van der Waals surface area contributed by atoms with E-state index in [0.29, 0.717) is 17.9 Å². The number of fused-ring (bicyclic) bond motifs is 1. The monoisotopic (exact) mass is 368 g/mol. The largest absolute Gasteiger partial charge is 0.495 e. The summed E-state index contributed by atoms with van der Waals surface area (Å²) < 4.78 is 5.38. The molecule has 0 saturated carbocycles. The fourth-order valence-electron chi connectivity index (χ4n) is 2.61. The van der Waals surface area contributed by atoms with E-state index < -0.39 is 0 Å². The minimum Gasteiger partial charge on any atom is -0.495 e. The molecule has 0 unspecified atom stereocenters. The molecule has 0 saturated heterocycles. The number of thiocarbonyl (C=S) groups is 1. The van der Waals surface area contributed by atoms with Gasteiger partial charge in [-0.25, -0.2) is 4.98 Å². The minimum atomic E-state index is -0.114. The molecule has 0 atom stereocenters. The predicted octanol–water partition coefficient (Wildman–Crippen LogP) is 3.85. The van der Waals surface area contributed by atoms with E-state index in [-0.39, 0.29) is 11.0 Å². The Morgan fingerprint density at radius 2 is 2.08 bits per heavy atom. The quantitative estimate of drug-likeness (QED) is 0.596. The molecule has 0 bridgehead atoms. The maximum absolute atomic E-state index is 11.7. The number of nitrogens with zero attached hydrogens (tertiary/aromatic N) is 1. The van der Waals surface area contributed by atoms with Crippen molar-refractivity contribution in [2.45, 2.75) is 19.8 Å². The molecule has 3 N–H and O–H groups in total. The predicted molar refractivity (Wildman–Crippen MR) is 107 cm³/mol. The number of hydrogen-bond donors (Lipinski definition) is 3. The molecule has 2 aromatic carbocycles. The zero-order valence-electron chi connectivity index (χ0n) is 14.6. The van der Waals surface area contributed by atoms with Crippen molar-refractivity contribution >= 4 is 40.0 Å². The SMILES string of the molecule is CCCC(=O)NC(=S)Nc1cc(-c2nc3ccccc3[nH]2)ccc1OC. The van der Waals surface area contributed by atoms with E-state index in [2.05, 4.69) is 20.6 Å². The second kappa shape index (κ2) is 7.97. The lowest BCUT2D eigenvalue weighted by Crippen LogP contribution is -2.33. The van der Waals surface area contributed by atoms with Gasteiger partial charge in [0.15, 0.2) is 5.11 Å². The first-order chi connectivity index (χ1) is 12.6. The molecule has 0 aliphatic carbocycles. The first-order valence-electron chi connectivity index (χ1n) is 8.34. The van der Waals surface area contributed by atoms with Crippen molar-refractivity contribution < 1.29 is 9.53 Å². The summed E-state index contributed by atoms with van der Waals surface area (Å²) in [6.45, 7) is 1.94. The van der Waals surface area contributed by atoms with Gasteiger partial charge < -0.3 is 20.4 Å². The van der Waals surface area contributed by atoms with Crippen molar-refractivity contribution in [2.24, 2.45) is 0 Å². The summed E-state index contributed by atoms with van der Waals surface area (Å²) in [5.74, 6) is 1.26. The van der Waals surface area contributed by atoms with Gasteiger partial charge in [0.2, 0.25) is 5.91 Å². The average molecular weight is 368 g/mol. The number of benzene rings is 2. The molecule has 0 aliphatic rings. The Labute approximate surface area is 157 Å². The Hall–Kier alpha value is -2.93. The smallest absolute Gasteiger partial charge is 0.226 e. The Bertz CT molecular complexity index is 919. The van der Waals surface area contributed by atoms with Gasteiger partial charge in [0, 0.05) is 12.0 Å². The Morgan fingerprint density at radius 3 is 2.81 bits per heavy atom. The van der Waals surface area contributed by atoms with Gasteiger partial charge in [-0.15, -0.1) is 0 Å². The van der Waals surface area contributed by atoms with Crippen LogP contribution in [0.15, 0.2) is 42.5 Å². The standard InChI is InChI=1S/C19H20N4O2S/c1-3-6-17(24)23-19(26)22-15-11-12(9-10-16(15)25-2)18-20-13-7-4-5-8-14(13)21-18/h4-5,7-11H,3,6H2,1-2H3,(H,20,21)(H2,22,23,24,26). The van der Waals surface area contributed by atoms with Gasteiger partial charge in [0.25, 0.3) is 0 Å². The van der Waals surface area contributed by atoms with Gasteiger partial charge in [-0.3, -0.25) is 4.79 Å². The molecular formula is C19H20N4O2S. The summed E-state index contributed by atoms with van der Waals surface area (Å²) in [7, 11) is 1.58. The van der Waals surface area contributed by atoms with Gasteiger partial charge in [-0.05, 0) is 49.0 Å². The highest BCUT2D eigenvalue weighted by atomic mass is 32.1. The zero-order valence-corrected chi connectivity index (χ0v) is 15.4. The maximum atomic E-state index is 11.7. The van der Waals surface area contributed by atoms with Crippen LogP contribution in [0.5, 0.6) is 5.75 Å². The highest BCUT2D eigenvalue weighted by Crippen LogP contribution is 2.30. The van der Waals surface area contributed by atoms with Crippen LogP contribution in [0.2, 0.25) is 0 Å². The van der Waals surface area contributed by atoms with Crippen LogP contribution >= 0.6 is 12.2 Å². The number of ether oxygens (including phenoxy) is 1. The number of carbonyl (C=O) groups is 1. The van der Waals surface area contributed by atoms with E-state index in [9.17, 15) is 4.79 Å². The van der Waals surface area contributed by atoms with E-state index in [1.54, 1.807) is 7.11 Å². The fraction of sp³-hybridized carbons (Fsp3) is 0.211. The number of imidazole rings is 1. The van der Waals surface area contributed by atoms with Gasteiger partial charge in [0.1, 0.15) is 11.6 Å². The lowest BCUT2D eigenvalue weighted by molar-refractivity contribution is -0.119. The molecule has 0 fully saturated rings. The third-order valence-electron chi connectivity index (χ3n) is 3.84. The number of rotatable bonds is 5. The number of H-pyrrole nitrogens is 1. The van der Waals surface area contributed by atoms with Crippen LogP contribution in [0.25, 0.3) is 22.4 Å². The molecule has 134 valence electrons. The van der Waals surface area contributed by atoms with Crippen LogP contribution in [-0.2, 0) is 4.79 Å². The van der Waals surface area contributed by atoms with E-state index in [4.69, 9.17) is 17.0 Å². The number of methoxy groups -OCH3 is 1. The van der Waals surface area contributed by atoms with E-state index in [1.807, 2.05) is 49.4 Å². The topological polar surface area (TPSA) is 79.0 Å². The van der Waals surface area contributed by atoms with Crippen molar-refractivity contribution in [1.82, 2.24) is 15.3 Å². The molecule has 0 aliphatic heterocycles. The number of aromatic amines is 1. The van der Waals surface area contributed by atoms with Crippen LogP contribution in [-0.4, -0.2) is 28.1 Å². The van der Waals surface area contributed by atoms with Gasteiger partial charge in [-0.2, -0.15) is 0 Å². The summed E-state index contributed by atoms with van der Waals surface area (Å²) in [5.41, 5.74) is 3.41. The third kappa shape index (κ3) is 4.00. The molecule has 0 spiro atoms. The first-order valence-corrected chi connectivity index (χ1v) is 8.75. The first kappa shape index (κ1) is 17.9. The van der Waals surface area contributed by atoms with Crippen molar-refractivity contribution in [3.8, 4) is 17.1 Å². The van der Waals surface area contributed by atoms with Crippen molar-refractivity contribution in [3.63, 3.8) is 0 Å². The Balaban J connectivity index is 1.86. The second-order valence-corrected chi connectivity index (χ2v) is 6.18. The number of nitrogens with one attached hydrogen (secondary N) is 3. The molecule has 3 rings (SSSR count). The maximum Gasteiger partial charge on any atom is 0.226 e. The summed E-state index contributed by atoms with van der Waals surface area (Å²) in [5, 5.41) is 5.93. The molecule has 3 aromatic rings. The molecule has 1 heterocycles. The Kier molecular flexibility index (Phi) is 5.48. The number of carbonyl (C=O) groups excluding carboxylic acids is 1. The van der Waals surface area contributed by atoms with Crippen LogP contribution in [0, 0.1) is 0 Å². The number of amides is 1. The normalized spacial score (nSPS) is 10.5. The minimum absolute atomic E-state index is 0.114. The third-order valence-corrected chi connectivity index (χ3v) is 4.04. The molecule has 6 nitrogen and oxygen atoms in total. The van der Waals surface area contributed by atoms with Crippen molar-refractivity contribution in [2.75, 3.05) is 12.4 Å². The summed E-state index contributed by atoms with van der Waals surface area (Å²) in [6, 6.07) is 13.5. The second-order valence-electron chi connectivity index (χ2n) is 5.77. The van der Waals surface area contributed by atoms with Crippen LogP contribution in [0.4, 0.5) is 5.69 Å². The van der Waals surface area contributed by atoms with Crippen LogP contribution in [0.3, 0.4) is 0 Å². The van der Waals surface area contributed by atoms with Crippen molar-refractivity contribution in [1.29, 1.82) is 0 Å². The number of para-hydroxylation sites is 2. The van der Waals surface area contributed by atoms with E-state index in [1.165, 1.54) is 0 Å². The van der Waals surface area contributed by atoms with Crippen molar-refractivity contribution in [3.05, 3.63) is 42.5 Å². The molecule has 26 heavy (non-hydrogen) atoms. The van der Waals surface area contributed by atoms with Gasteiger partial charge in [-0.1, -0.05) is 19.1 Å². The number of anilines is 1. The number of aromatic nitrogens is 2. The zero-order chi connectivity index (χ0) is 18.5. The van der Waals surface area contributed by atoms with Gasteiger partial charge in [0.05, 0.1) is 23.8 Å². The summed E-state index contributed by atoms with van der Waals surface area (Å²) >= 11 is 5.22. The average Bonchev–Trinajstić information content (AvgIpc) is 3.06. The molecule has 7 heteroatoms. The Morgan fingerprint density at radius 1 is 1.27 bits per heavy atom. The van der Waals surface area contributed by atoms with E-state index >= 15 is 0 Å². The van der Waals surface area contributed by atoms with E-state index in [0.717, 1.165) is 28.8 Å². The van der Waals surface area contributed by atoms with Crippen LogP contribution in [0.1, 0.15) is 19.8 Å².